The highest BCUT2D eigenvalue weighted by Crippen LogP contribution is 2.45. The highest BCUT2D eigenvalue weighted by molar-refractivity contribution is 7.93. The molecule has 122 valence electrons. The van der Waals surface area contributed by atoms with E-state index >= 15 is 0 Å². The van der Waals surface area contributed by atoms with E-state index in [0.29, 0.717) is 44.8 Å². The van der Waals surface area contributed by atoms with Crippen LogP contribution in [-0.4, -0.2) is 50.1 Å². The standard InChI is InChI=1S/C16H22FNO3S/c1-2-21-10-14-7-8-22(19,20)16(14)11-18(12-16)9-13-5-3-4-6-15(13)17/h3-6,14H,2,7-12H2,1H3. The van der Waals surface area contributed by atoms with E-state index in [4.69, 9.17) is 4.74 Å². The van der Waals surface area contributed by atoms with E-state index in [1.54, 1.807) is 18.2 Å². The fraction of sp³-hybridized carbons (Fsp3) is 0.625. The van der Waals surface area contributed by atoms with E-state index in [1.807, 2.05) is 11.8 Å². The van der Waals surface area contributed by atoms with Crippen molar-refractivity contribution >= 4 is 9.84 Å². The molecule has 2 saturated heterocycles. The van der Waals surface area contributed by atoms with Crippen molar-refractivity contribution in [3.05, 3.63) is 35.6 Å². The van der Waals surface area contributed by atoms with Crippen LogP contribution in [0.3, 0.4) is 0 Å². The molecular weight excluding hydrogens is 305 g/mol. The zero-order chi connectivity index (χ0) is 15.8. The molecule has 4 nitrogen and oxygen atoms in total. The van der Waals surface area contributed by atoms with Crippen LogP contribution in [0.1, 0.15) is 18.9 Å². The van der Waals surface area contributed by atoms with Crippen molar-refractivity contribution in [1.82, 2.24) is 4.90 Å². The molecule has 2 heterocycles. The van der Waals surface area contributed by atoms with Gasteiger partial charge in [0.05, 0.1) is 12.4 Å². The summed E-state index contributed by atoms with van der Waals surface area (Å²) in [5, 5.41) is 0. The Bertz CT molecular complexity index is 641. The van der Waals surface area contributed by atoms with Crippen molar-refractivity contribution in [2.75, 3.05) is 32.1 Å². The van der Waals surface area contributed by atoms with Gasteiger partial charge in [-0.1, -0.05) is 18.2 Å². The minimum atomic E-state index is -3.08. The van der Waals surface area contributed by atoms with Crippen molar-refractivity contribution in [3.8, 4) is 0 Å². The SMILES string of the molecule is CCOCC1CCS(=O)(=O)C12CN(Cc1ccccc1F)C2. The number of halogens is 1. The molecule has 1 spiro atoms. The number of likely N-dealkylation sites (tertiary alicyclic amines) is 1. The number of sulfone groups is 1. The summed E-state index contributed by atoms with van der Waals surface area (Å²) in [6.45, 7) is 4.46. The Balaban J connectivity index is 1.70. The van der Waals surface area contributed by atoms with Gasteiger partial charge in [0.25, 0.3) is 0 Å². The first-order chi connectivity index (χ1) is 10.5. The highest BCUT2D eigenvalue weighted by Gasteiger charge is 2.61. The van der Waals surface area contributed by atoms with Crippen LogP contribution in [0.15, 0.2) is 24.3 Å². The maximum Gasteiger partial charge on any atom is 0.158 e. The molecule has 0 N–H and O–H groups in total. The second-order valence-electron chi connectivity index (χ2n) is 6.27. The molecule has 1 aromatic carbocycles. The van der Waals surface area contributed by atoms with Gasteiger partial charge >= 0.3 is 0 Å². The monoisotopic (exact) mass is 327 g/mol. The molecule has 6 heteroatoms. The van der Waals surface area contributed by atoms with Crippen LogP contribution in [0.4, 0.5) is 4.39 Å². The summed E-state index contributed by atoms with van der Waals surface area (Å²) >= 11 is 0. The number of ether oxygens (including phenoxy) is 1. The number of hydrogen-bond acceptors (Lipinski definition) is 4. The third-order valence-electron chi connectivity index (χ3n) is 4.96. The fourth-order valence-electron chi connectivity index (χ4n) is 3.66. The third kappa shape index (κ3) is 2.57. The molecule has 0 saturated carbocycles. The second-order valence-corrected chi connectivity index (χ2v) is 8.72. The van der Waals surface area contributed by atoms with E-state index in [1.165, 1.54) is 6.07 Å². The van der Waals surface area contributed by atoms with Crippen molar-refractivity contribution in [2.24, 2.45) is 5.92 Å². The van der Waals surface area contributed by atoms with E-state index in [-0.39, 0.29) is 17.5 Å². The first-order valence-corrected chi connectivity index (χ1v) is 9.39. The van der Waals surface area contributed by atoms with Gasteiger partial charge < -0.3 is 4.74 Å². The van der Waals surface area contributed by atoms with Gasteiger partial charge in [-0.15, -0.1) is 0 Å². The molecule has 0 aliphatic carbocycles. The quantitative estimate of drug-likeness (QED) is 0.828. The average molecular weight is 327 g/mol. The zero-order valence-electron chi connectivity index (χ0n) is 12.8. The van der Waals surface area contributed by atoms with Gasteiger partial charge in [0, 0.05) is 37.7 Å². The van der Waals surface area contributed by atoms with Crippen LogP contribution in [0.25, 0.3) is 0 Å². The summed E-state index contributed by atoms with van der Waals surface area (Å²) in [6, 6.07) is 6.66. The van der Waals surface area contributed by atoms with Crippen molar-refractivity contribution in [3.63, 3.8) is 0 Å². The first-order valence-electron chi connectivity index (χ1n) is 7.74. The normalized spacial score (nSPS) is 26.2. The molecule has 1 unspecified atom stereocenters. The minimum absolute atomic E-state index is 0.0642. The Kier molecular flexibility index (Phi) is 4.27. The summed E-state index contributed by atoms with van der Waals surface area (Å²) in [5.74, 6) is 0.0797. The number of benzene rings is 1. The van der Waals surface area contributed by atoms with Gasteiger partial charge in [-0.2, -0.15) is 0 Å². The van der Waals surface area contributed by atoms with Crippen LogP contribution < -0.4 is 0 Å². The Morgan fingerprint density at radius 3 is 2.77 bits per heavy atom. The molecule has 0 amide bonds. The first kappa shape index (κ1) is 15.9. The molecule has 2 aliphatic heterocycles. The van der Waals surface area contributed by atoms with Crippen molar-refractivity contribution < 1.29 is 17.5 Å². The molecule has 0 bridgehead atoms. The van der Waals surface area contributed by atoms with E-state index in [0.717, 1.165) is 0 Å². The fourth-order valence-corrected chi connectivity index (χ4v) is 6.11. The molecule has 3 rings (SSSR count). The molecule has 0 aromatic heterocycles. The van der Waals surface area contributed by atoms with E-state index < -0.39 is 14.6 Å². The van der Waals surface area contributed by atoms with Gasteiger partial charge in [0.15, 0.2) is 9.84 Å². The Hall–Kier alpha value is -0.980. The summed E-state index contributed by atoms with van der Waals surface area (Å²) < 4.78 is 43.4. The molecule has 22 heavy (non-hydrogen) atoms. The lowest BCUT2D eigenvalue weighted by Gasteiger charge is -2.50. The lowest BCUT2D eigenvalue weighted by molar-refractivity contribution is 0.0287. The van der Waals surface area contributed by atoms with Crippen LogP contribution in [0, 0.1) is 11.7 Å². The Labute approximate surface area is 131 Å². The summed E-state index contributed by atoms with van der Waals surface area (Å²) in [7, 11) is -3.08. The number of nitrogens with zero attached hydrogens (tertiary/aromatic N) is 1. The largest absolute Gasteiger partial charge is 0.381 e. The van der Waals surface area contributed by atoms with Gasteiger partial charge in [-0.3, -0.25) is 4.90 Å². The minimum Gasteiger partial charge on any atom is -0.381 e. The van der Waals surface area contributed by atoms with Gasteiger partial charge in [0.2, 0.25) is 0 Å². The third-order valence-corrected chi connectivity index (χ3v) is 7.56. The smallest absolute Gasteiger partial charge is 0.158 e. The van der Waals surface area contributed by atoms with Crippen LogP contribution in [-0.2, 0) is 21.1 Å². The Morgan fingerprint density at radius 2 is 2.09 bits per heavy atom. The van der Waals surface area contributed by atoms with Gasteiger partial charge in [0.1, 0.15) is 10.6 Å². The van der Waals surface area contributed by atoms with Crippen molar-refractivity contribution in [2.45, 2.75) is 24.6 Å². The summed E-state index contributed by atoms with van der Waals surface area (Å²) in [4.78, 5) is 2.01. The molecular formula is C16H22FNO3S. The van der Waals surface area contributed by atoms with E-state index in [2.05, 4.69) is 0 Å². The molecule has 2 aliphatic rings. The van der Waals surface area contributed by atoms with Crippen LogP contribution in [0.5, 0.6) is 0 Å². The predicted octanol–water partition coefficient (Wildman–Crippen LogP) is 1.85. The molecule has 1 atom stereocenters. The molecule has 1 aromatic rings. The zero-order valence-corrected chi connectivity index (χ0v) is 13.6. The lowest BCUT2D eigenvalue weighted by atomic mass is 9.83. The predicted molar refractivity (Wildman–Crippen MR) is 82.8 cm³/mol. The lowest BCUT2D eigenvalue weighted by Crippen LogP contribution is -2.67. The number of rotatable bonds is 5. The Morgan fingerprint density at radius 1 is 1.36 bits per heavy atom. The summed E-state index contributed by atoms with van der Waals surface area (Å²) in [6.07, 6.45) is 0.676. The van der Waals surface area contributed by atoms with Crippen molar-refractivity contribution in [1.29, 1.82) is 0 Å². The maximum absolute atomic E-state index is 13.7. The number of hydrogen-bond donors (Lipinski definition) is 0. The van der Waals surface area contributed by atoms with Gasteiger partial charge in [-0.05, 0) is 19.4 Å². The van der Waals surface area contributed by atoms with Crippen LogP contribution >= 0.6 is 0 Å². The topological polar surface area (TPSA) is 46.6 Å². The van der Waals surface area contributed by atoms with Gasteiger partial charge in [-0.25, -0.2) is 12.8 Å². The summed E-state index contributed by atoms with van der Waals surface area (Å²) in [5.41, 5.74) is 0.620. The maximum atomic E-state index is 13.7. The highest BCUT2D eigenvalue weighted by atomic mass is 32.2. The molecule has 0 radical (unpaired) electrons. The van der Waals surface area contributed by atoms with E-state index in [9.17, 15) is 12.8 Å². The second kappa shape index (κ2) is 5.91. The van der Waals surface area contributed by atoms with Crippen LogP contribution in [0.2, 0.25) is 0 Å². The molecule has 2 fully saturated rings. The average Bonchev–Trinajstić information content (AvgIpc) is 2.70.